The summed E-state index contributed by atoms with van der Waals surface area (Å²) in [6.07, 6.45) is 0. The van der Waals surface area contributed by atoms with Crippen molar-refractivity contribution in [2.45, 2.75) is 20.8 Å². The predicted molar refractivity (Wildman–Crippen MR) is 58.4 cm³/mol. The minimum absolute atomic E-state index is 0.0712. The Morgan fingerprint density at radius 3 is 2.57 bits per heavy atom. The first-order valence-electron chi connectivity index (χ1n) is 4.73. The van der Waals surface area contributed by atoms with Crippen molar-refractivity contribution in [1.82, 2.24) is 9.97 Å². The second kappa shape index (κ2) is 4.56. The van der Waals surface area contributed by atoms with E-state index in [0.29, 0.717) is 11.2 Å². The lowest BCUT2D eigenvalue weighted by Crippen LogP contribution is -2.09. The molecule has 1 aromatic carbocycles. The molecule has 0 aliphatic carbocycles. The van der Waals surface area contributed by atoms with Crippen molar-refractivity contribution in [1.29, 1.82) is 0 Å². The predicted octanol–water partition coefficient (Wildman–Crippen LogP) is 2.26. The summed E-state index contributed by atoms with van der Waals surface area (Å²) in [5, 5.41) is 0.642. The third-order valence-corrected chi connectivity index (χ3v) is 1.73. The average Bonchev–Trinajstić information content (AvgIpc) is 2.20. The maximum Gasteiger partial charge on any atom is 0.258 e. The van der Waals surface area contributed by atoms with E-state index < -0.39 is 0 Å². The Hall–Kier alpha value is -1.64. The van der Waals surface area contributed by atoms with E-state index >= 15 is 0 Å². The van der Waals surface area contributed by atoms with Crippen molar-refractivity contribution in [2.24, 2.45) is 0 Å². The summed E-state index contributed by atoms with van der Waals surface area (Å²) in [7, 11) is 0. The SMILES string of the molecule is CC.Cc1nc2ccccc2c(=O)[nH]1. The standard InChI is InChI=1S/C9H8N2O.C2H6/c1-6-10-8-5-3-2-4-7(8)9(12)11-6;1-2/h2-5H,1H3,(H,10,11,12);1-2H3. The van der Waals surface area contributed by atoms with Gasteiger partial charge in [0.1, 0.15) is 5.82 Å². The molecule has 0 fully saturated rings. The fourth-order valence-corrected chi connectivity index (χ4v) is 1.20. The fourth-order valence-electron chi connectivity index (χ4n) is 1.20. The molecule has 0 aliphatic heterocycles. The summed E-state index contributed by atoms with van der Waals surface area (Å²) in [6, 6.07) is 7.29. The Morgan fingerprint density at radius 2 is 1.86 bits per heavy atom. The van der Waals surface area contributed by atoms with E-state index in [2.05, 4.69) is 9.97 Å². The van der Waals surface area contributed by atoms with Crippen LogP contribution in [0.5, 0.6) is 0 Å². The van der Waals surface area contributed by atoms with Crippen molar-refractivity contribution >= 4 is 10.9 Å². The number of hydrogen-bond donors (Lipinski definition) is 1. The zero-order chi connectivity index (χ0) is 10.6. The van der Waals surface area contributed by atoms with Gasteiger partial charge in [-0.3, -0.25) is 4.79 Å². The normalized spacial score (nSPS) is 9.36. The van der Waals surface area contributed by atoms with Crippen molar-refractivity contribution in [2.75, 3.05) is 0 Å². The van der Waals surface area contributed by atoms with Gasteiger partial charge < -0.3 is 4.98 Å². The average molecular weight is 190 g/mol. The molecule has 0 unspecified atom stereocenters. The van der Waals surface area contributed by atoms with Crippen LogP contribution in [0, 0.1) is 6.92 Å². The highest BCUT2D eigenvalue weighted by Crippen LogP contribution is 2.04. The van der Waals surface area contributed by atoms with Gasteiger partial charge in [0, 0.05) is 0 Å². The molecule has 0 saturated carbocycles. The van der Waals surface area contributed by atoms with Gasteiger partial charge in [-0.15, -0.1) is 0 Å². The smallest absolute Gasteiger partial charge is 0.258 e. The largest absolute Gasteiger partial charge is 0.310 e. The van der Waals surface area contributed by atoms with Gasteiger partial charge in [0.2, 0.25) is 0 Å². The number of aromatic nitrogens is 2. The summed E-state index contributed by atoms with van der Waals surface area (Å²) in [6.45, 7) is 5.77. The molecule has 0 amide bonds. The topological polar surface area (TPSA) is 45.8 Å². The van der Waals surface area contributed by atoms with Crippen molar-refractivity contribution in [3.8, 4) is 0 Å². The van der Waals surface area contributed by atoms with Crippen molar-refractivity contribution < 1.29 is 0 Å². The van der Waals surface area contributed by atoms with Gasteiger partial charge >= 0.3 is 0 Å². The summed E-state index contributed by atoms with van der Waals surface area (Å²) in [5.41, 5.74) is 0.678. The zero-order valence-corrected chi connectivity index (χ0v) is 8.66. The number of nitrogens with zero attached hydrogens (tertiary/aromatic N) is 1. The van der Waals surface area contributed by atoms with Crippen LogP contribution < -0.4 is 5.56 Å². The molecular formula is C11H14N2O. The van der Waals surface area contributed by atoms with E-state index in [4.69, 9.17) is 0 Å². The summed E-state index contributed by atoms with van der Waals surface area (Å²) in [5.74, 6) is 0.652. The van der Waals surface area contributed by atoms with Crippen LogP contribution in [0.3, 0.4) is 0 Å². The Balaban J connectivity index is 0.000000461. The molecule has 0 saturated heterocycles. The van der Waals surface area contributed by atoms with Gasteiger partial charge in [-0.05, 0) is 19.1 Å². The lowest BCUT2D eigenvalue weighted by Gasteiger charge is -1.95. The third kappa shape index (κ3) is 1.99. The Kier molecular flexibility index (Phi) is 3.40. The molecule has 3 heteroatoms. The van der Waals surface area contributed by atoms with Gasteiger partial charge in [-0.2, -0.15) is 0 Å². The number of nitrogens with one attached hydrogen (secondary N) is 1. The first-order valence-corrected chi connectivity index (χ1v) is 4.73. The highest BCUT2D eigenvalue weighted by molar-refractivity contribution is 5.76. The highest BCUT2D eigenvalue weighted by atomic mass is 16.1. The first-order chi connectivity index (χ1) is 6.77. The quantitative estimate of drug-likeness (QED) is 0.692. The molecule has 0 spiro atoms. The second-order valence-electron chi connectivity index (χ2n) is 2.67. The summed E-state index contributed by atoms with van der Waals surface area (Å²) >= 11 is 0. The van der Waals surface area contributed by atoms with Gasteiger partial charge in [-0.1, -0.05) is 26.0 Å². The molecule has 1 heterocycles. The number of aromatic amines is 1. The number of fused-ring (bicyclic) bond motifs is 1. The molecule has 2 aromatic rings. The van der Waals surface area contributed by atoms with E-state index in [1.54, 1.807) is 13.0 Å². The highest BCUT2D eigenvalue weighted by Gasteiger charge is 1.97. The van der Waals surface area contributed by atoms with Gasteiger partial charge in [0.15, 0.2) is 0 Å². The van der Waals surface area contributed by atoms with Crippen LogP contribution in [-0.2, 0) is 0 Å². The maximum atomic E-state index is 11.3. The van der Waals surface area contributed by atoms with Crippen LogP contribution in [0.4, 0.5) is 0 Å². The molecular weight excluding hydrogens is 176 g/mol. The van der Waals surface area contributed by atoms with Crippen LogP contribution in [0.25, 0.3) is 10.9 Å². The zero-order valence-electron chi connectivity index (χ0n) is 8.66. The molecule has 0 bridgehead atoms. The van der Waals surface area contributed by atoms with E-state index in [1.807, 2.05) is 32.0 Å². The van der Waals surface area contributed by atoms with E-state index in [-0.39, 0.29) is 5.56 Å². The van der Waals surface area contributed by atoms with E-state index in [0.717, 1.165) is 5.52 Å². The molecule has 0 radical (unpaired) electrons. The van der Waals surface area contributed by atoms with Gasteiger partial charge in [-0.25, -0.2) is 4.98 Å². The van der Waals surface area contributed by atoms with Crippen LogP contribution in [-0.4, -0.2) is 9.97 Å². The van der Waals surface area contributed by atoms with Gasteiger partial charge in [0.05, 0.1) is 10.9 Å². The molecule has 1 N–H and O–H groups in total. The number of para-hydroxylation sites is 1. The van der Waals surface area contributed by atoms with Crippen LogP contribution in [0.15, 0.2) is 29.1 Å². The Bertz CT molecular complexity index is 474. The van der Waals surface area contributed by atoms with E-state index in [1.165, 1.54) is 0 Å². The number of hydrogen-bond acceptors (Lipinski definition) is 2. The number of rotatable bonds is 0. The summed E-state index contributed by atoms with van der Waals surface area (Å²) in [4.78, 5) is 18.1. The fraction of sp³-hybridized carbons (Fsp3) is 0.273. The van der Waals surface area contributed by atoms with Crippen molar-refractivity contribution in [3.63, 3.8) is 0 Å². The Labute approximate surface area is 82.8 Å². The second-order valence-corrected chi connectivity index (χ2v) is 2.67. The molecule has 1 aromatic heterocycles. The molecule has 0 atom stereocenters. The van der Waals surface area contributed by atoms with Crippen LogP contribution >= 0.6 is 0 Å². The minimum Gasteiger partial charge on any atom is -0.310 e. The monoisotopic (exact) mass is 190 g/mol. The molecule has 74 valence electrons. The van der Waals surface area contributed by atoms with E-state index in [9.17, 15) is 4.79 Å². The summed E-state index contributed by atoms with van der Waals surface area (Å²) < 4.78 is 0. The third-order valence-electron chi connectivity index (χ3n) is 1.73. The lowest BCUT2D eigenvalue weighted by molar-refractivity contribution is 1.06. The lowest BCUT2D eigenvalue weighted by atomic mass is 10.2. The van der Waals surface area contributed by atoms with Crippen molar-refractivity contribution in [3.05, 3.63) is 40.4 Å². The molecule has 0 aliphatic rings. The molecule has 3 nitrogen and oxygen atoms in total. The first kappa shape index (κ1) is 10.4. The minimum atomic E-state index is -0.0712. The molecule has 14 heavy (non-hydrogen) atoms. The number of benzene rings is 1. The number of H-pyrrole nitrogens is 1. The Morgan fingerprint density at radius 1 is 1.21 bits per heavy atom. The number of aryl methyl sites for hydroxylation is 1. The molecule has 2 rings (SSSR count). The van der Waals surface area contributed by atoms with Crippen LogP contribution in [0.1, 0.15) is 19.7 Å². The van der Waals surface area contributed by atoms with Gasteiger partial charge in [0.25, 0.3) is 5.56 Å². The maximum absolute atomic E-state index is 11.3. The van der Waals surface area contributed by atoms with Crippen LogP contribution in [0.2, 0.25) is 0 Å².